The van der Waals surface area contributed by atoms with Gasteiger partial charge in [0.2, 0.25) is 0 Å². The van der Waals surface area contributed by atoms with Crippen molar-refractivity contribution in [3.8, 4) is 0 Å². The van der Waals surface area contributed by atoms with Crippen molar-refractivity contribution in [1.82, 2.24) is 0 Å². The molecule has 1 fully saturated rings. The van der Waals surface area contributed by atoms with E-state index in [-0.39, 0.29) is 12.1 Å². The van der Waals surface area contributed by atoms with E-state index in [0.29, 0.717) is 35.3 Å². The molecule has 0 bridgehead atoms. The molecule has 0 saturated carbocycles. The molecule has 0 radical (unpaired) electrons. The van der Waals surface area contributed by atoms with E-state index in [1.54, 1.807) is 6.07 Å². The lowest BCUT2D eigenvalue weighted by atomic mass is 9.98. The van der Waals surface area contributed by atoms with Crippen LogP contribution < -0.4 is 0 Å². The lowest BCUT2D eigenvalue weighted by molar-refractivity contribution is -0.203. The van der Waals surface area contributed by atoms with Gasteiger partial charge in [0.25, 0.3) is 0 Å². The third-order valence-electron chi connectivity index (χ3n) is 7.25. The number of fused-ring (bicyclic) bond motifs is 1. The van der Waals surface area contributed by atoms with Crippen LogP contribution in [-0.2, 0) is 28.7 Å². The maximum atomic E-state index is 15.2. The zero-order chi connectivity index (χ0) is 26.2. The number of benzene rings is 3. The smallest absolute Gasteiger partial charge is 0.157 e. The van der Waals surface area contributed by atoms with Gasteiger partial charge in [-0.05, 0) is 59.9 Å². The molecule has 0 atom stereocenters. The lowest BCUT2D eigenvalue weighted by Gasteiger charge is -2.29. The first-order valence-electron chi connectivity index (χ1n) is 13.5. The highest BCUT2D eigenvalue weighted by Gasteiger charge is 2.22. The Morgan fingerprint density at radius 2 is 1.51 bits per heavy atom. The topological polar surface area (TPSA) is 18.5 Å². The molecule has 0 N–H and O–H groups in total. The molecule has 200 valence electrons. The molecule has 6 heteroatoms. The first-order valence-corrected chi connectivity index (χ1v) is 13.9. The summed E-state index contributed by atoms with van der Waals surface area (Å²) in [5.74, 6) is -1.40. The Hall–Kier alpha value is -2.08. The van der Waals surface area contributed by atoms with Crippen LogP contribution in [0.4, 0.5) is 13.2 Å². The molecule has 0 aromatic heterocycles. The van der Waals surface area contributed by atoms with Crippen molar-refractivity contribution in [2.24, 2.45) is 5.92 Å². The van der Waals surface area contributed by atoms with Crippen LogP contribution in [0.15, 0.2) is 42.5 Å². The Bertz CT molecular complexity index is 1150. The fourth-order valence-corrected chi connectivity index (χ4v) is 5.11. The summed E-state index contributed by atoms with van der Waals surface area (Å²) in [4.78, 5) is 0. The standard InChI is InChI=1S/C31H36ClF3O2/c1-2-3-4-5-6-7-23-19-36-29(37-20-23)15-10-21-9-14-26-25(16-21)13-12-24(31(26)35)11-8-22-17-27(33)30(32)28(34)18-22/h9,12-14,16-18,23,29H,2-8,10-11,15,19-20H2,1H3. The van der Waals surface area contributed by atoms with Crippen molar-refractivity contribution in [1.29, 1.82) is 0 Å². The van der Waals surface area contributed by atoms with Gasteiger partial charge in [-0.1, -0.05) is 81.0 Å². The molecular formula is C31H36ClF3O2. The number of ether oxygens (including phenoxy) is 2. The highest BCUT2D eigenvalue weighted by molar-refractivity contribution is 6.30. The Balaban J connectivity index is 1.27. The molecule has 37 heavy (non-hydrogen) atoms. The van der Waals surface area contributed by atoms with Gasteiger partial charge in [-0.15, -0.1) is 0 Å². The zero-order valence-corrected chi connectivity index (χ0v) is 22.3. The predicted octanol–water partition coefficient (Wildman–Crippen LogP) is 8.98. The van der Waals surface area contributed by atoms with Crippen LogP contribution >= 0.6 is 11.6 Å². The molecule has 0 spiro atoms. The minimum Gasteiger partial charge on any atom is -0.352 e. The second-order valence-electron chi connectivity index (χ2n) is 10.2. The van der Waals surface area contributed by atoms with Gasteiger partial charge < -0.3 is 9.47 Å². The van der Waals surface area contributed by atoms with Crippen molar-refractivity contribution in [3.05, 3.63) is 81.6 Å². The van der Waals surface area contributed by atoms with Crippen LogP contribution in [0.25, 0.3) is 10.8 Å². The molecule has 1 aliphatic rings. The van der Waals surface area contributed by atoms with Gasteiger partial charge in [-0.2, -0.15) is 0 Å². The summed E-state index contributed by atoms with van der Waals surface area (Å²) in [5.41, 5.74) is 2.07. The average molecular weight is 533 g/mol. The van der Waals surface area contributed by atoms with Crippen LogP contribution in [0.1, 0.15) is 68.6 Å². The van der Waals surface area contributed by atoms with Gasteiger partial charge in [0.1, 0.15) is 22.5 Å². The fraction of sp³-hybridized carbons (Fsp3) is 0.484. The largest absolute Gasteiger partial charge is 0.352 e. The maximum absolute atomic E-state index is 15.2. The van der Waals surface area contributed by atoms with Crippen molar-refractivity contribution in [3.63, 3.8) is 0 Å². The summed E-state index contributed by atoms with van der Waals surface area (Å²) in [6.45, 7) is 3.76. The third kappa shape index (κ3) is 7.72. The second kappa shape index (κ2) is 13.6. The average Bonchev–Trinajstić information content (AvgIpc) is 2.90. The maximum Gasteiger partial charge on any atom is 0.157 e. The van der Waals surface area contributed by atoms with Crippen molar-refractivity contribution in [2.45, 2.75) is 77.4 Å². The van der Waals surface area contributed by atoms with Crippen LogP contribution in [0.5, 0.6) is 0 Å². The summed E-state index contributed by atoms with van der Waals surface area (Å²) in [5, 5.41) is 0.855. The molecule has 0 unspecified atom stereocenters. The van der Waals surface area contributed by atoms with Gasteiger partial charge in [0.05, 0.1) is 13.2 Å². The van der Waals surface area contributed by atoms with E-state index in [1.807, 2.05) is 24.3 Å². The number of halogens is 4. The van der Waals surface area contributed by atoms with Crippen molar-refractivity contribution >= 4 is 22.4 Å². The fourth-order valence-electron chi connectivity index (χ4n) is 5.00. The SMILES string of the molecule is CCCCCCCC1COC(CCc2ccc3c(F)c(CCc4cc(F)c(Cl)c(F)c4)ccc3c2)OC1. The number of unbranched alkanes of at least 4 members (excludes halogenated alkanes) is 4. The second-order valence-corrected chi connectivity index (χ2v) is 10.5. The number of hydrogen-bond acceptors (Lipinski definition) is 2. The third-order valence-corrected chi connectivity index (χ3v) is 7.61. The summed E-state index contributed by atoms with van der Waals surface area (Å²) < 4.78 is 54.5. The minimum absolute atomic E-state index is 0.186. The molecule has 1 aliphatic heterocycles. The molecule has 3 aromatic rings. The number of hydrogen-bond donors (Lipinski definition) is 0. The van der Waals surface area contributed by atoms with E-state index in [9.17, 15) is 8.78 Å². The highest BCUT2D eigenvalue weighted by atomic mass is 35.5. The predicted molar refractivity (Wildman–Crippen MR) is 144 cm³/mol. The Kier molecular flexibility index (Phi) is 10.3. The first kappa shape index (κ1) is 27.9. The van der Waals surface area contributed by atoms with Crippen LogP contribution in [0, 0.1) is 23.4 Å². The van der Waals surface area contributed by atoms with E-state index >= 15 is 4.39 Å². The summed E-state index contributed by atoms with van der Waals surface area (Å²) in [6, 6.07) is 11.8. The van der Waals surface area contributed by atoms with E-state index in [0.717, 1.165) is 37.0 Å². The van der Waals surface area contributed by atoms with Gasteiger partial charge in [0.15, 0.2) is 6.29 Å². The zero-order valence-electron chi connectivity index (χ0n) is 21.5. The molecule has 0 amide bonds. The molecule has 1 saturated heterocycles. The molecule has 1 heterocycles. The number of aryl methyl sites for hydroxylation is 3. The lowest BCUT2D eigenvalue weighted by Crippen LogP contribution is -2.32. The normalized spacial score (nSPS) is 18.0. The Morgan fingerprint density at radius 3 is 2.24 bits per heavy atom. The minimum atomic E-state index is -0.801. The molecule has 4 rings (SSSR count). The van der Waals surface area contributed by atoms with Crippen LogP contribution in [0.2, 0.25) is 5.02 Å². The Labute approximate surface area is 223 Å². The van der Waals surface area contributed by atoms with E-state index in [1.165, 1.54) is 50.7 Å². The van der Waals surface area contributed by atoms with E-state index in [2.05, 4.69) is 6.92 Å². The van der Waals surface area contributed by atoms with Crippen molar-refractivity contribution in [2.75, 3.05) is 13.2 Å². The van der Waals surface area contributed by atoms with Crippen LogP contribution in [0.3, 0.4) is 0 Å². The van der Waals surface area contributed by atoms with E-state index in [4.69, 9.17) is 21.1 Å². The summed E-state index contributed by atoms with van der Waals surface area (Å²) in [6.07, 6.45) is 9.62. The number of rotatable bonds is 12. The van der Waals surface area contributed by atoms with Gasteiger partial charge in [0, 0.05) is 17.7 Å². The molecule has 2 nitrogen and oxygen atoms in total. The molecule has 0 aliphatic carbocycles. The van der Waals surface area contributed by atoms with Gasteiger partial charge >= 0.3 is 0 Å². The van der Waals surface area contributed by atoms with E-state index < -0.39 is 16.7 Å². The van der Waals surface area contributed by atoms with Crippen LogP contribution in [-0.4, -0.2) is 19.5 Å². The Morgan fingerprint density at radius 1 is 0.784 bits per heavy atom. The van der Waals surface area contributed by atoms with Gasteiger partial charge in [-0.25, -0.2) is 13.2 Å². The summed E-state index contributed by atoms with van der Waals surface area (Å²) >= 11 is 5.55. The molecular weight excluding hydrogens is 497 g/mol. The molecule has 3 aromatic carbocycles. The quantitative estimate of drug-likeness (QED) is 0.171. The first-order chi connectivity index (χ1) is 17.9. The highest BCUT2D eigenvalue weighted by Crippen LogP contribution is 2.27. The summed E-state index contributed by atoms with van der Waals surface area (Å²) in [7, 11) is 0. The van der Waals surface area contributed by atoms with Gasteiger partial charge in [-0.3, -0.25) is 0 Å². The van der Waals surface area contributed by atoms with Crippen molar-refractivity contribution < 1.29 is 22.6 Å². The monoisotopic (exact) mass is 532 g/mol.